The lowest BCUT2D eigenvalue weighted by atomic mass is 9.85. The molecule has 1 aliphatic rings. The molecule has 1 saturated heterocycles. The van der Waals surface area contributed by atoms with E-state index >= 15 is 0 Å². The van der Waals surface area contributed by atoms with Gasteiger partial charge in [0, 0.05) is 19.3 Å². The summed E-state index contributed by atoms with van der Waals surface area (Å²) >= 11 is 0. The molecule has 1 N–H and O–H groups in total. The fraction of sp³-hybridized carbons (Fsp3) is 0.545. The standard InChI is InChI=1S/C11H15FN2O3S/c1-8(2)11(15)6-14(7-11)18(16,17)10-3-9(12)4-13-5-10/h3-5,8,15H,6-7H2,1-2H3. The second-order valence-corrected chi connectivity index (χ2v) is 6.81. The number of hydrogen-bond acceptors (Lipinski definition) is 4. The monoisotopic (exact) mass is 274 g/mol. The summed E-state index contributed by atoms with van der Waals surface area (Å²) in [5.41, 5.74) is -0.992. The summed E-state index contributed by atoms with van der Waals surface area (Å²) in [5, 5.41) is 10.0. The van der Waals surface area contributed by atoms with Crippen LogP contribution in [0.15, 0.2) is 23.4 Å². The largest absolute Gasteiger partial charge is 0.387 e. The van der Waals surface area contributed by atoms with Crippen LogP contribution in [0, 0.1) is 11.7 Å². The maximum Gasteiger partial charge on any atom is 0.244 e. The highest BCUT2D eigenvalue weighted by molar-refractivity contribution is 7.89. The predicted molar refractivity (Wildman–Crippen MR) is 62.7 cm³/mol. The molecule has 100 valence electrons. The molecular formula is C11H15FN2O3S. The van der Waals surface area contributed by atoms with E-state index in [-0.39, 0.29) is 23.9 Å². The zero-order valence-electron chi connectivity index (χ0n) is 10.2. The summed E-state index contributed by atoms with van der Waals surface area (Å²) in [6.45, 7) is 3.72. The molecule has 1 fully saturated rings. The summed E-state index contributed by atoms with van der Waals surface area (Å²) in [6, 6.07) is 0.926. The molecule has 0 atom stereocenters. The van der Waals surface area contributed by atoms with Crippen molar-refractivity contribution in [2.45, 2.75) is 24.3 Å². The lowest BCUT2D eigenvalue weighted by Crippen LogP contribution is -2.65. The fourth-order valence-corrected chi connectivity index (χ4v) is 3.32. The topological polar surface area (TPSA) is 70.5 Å². The van der Waals surface area contributed by atoms with Crippen molar-refractivity contribution in [3.63, 3.8) is 0 Å². The first kappa shape index (κ1) is 13.4. The van der Waals surface area contributed by atoms with Crippen molar-refractivity contribution >= 4 is 10.0 Å². The summed E-state index contributed by atoms with van der Waals surface area (Å²) in [7, 11) is -3.76. The van der Waals surface area contributed by atoms with Crippen LogP contribution < -0.4 is 0 Å². The lowest BCUT2D eigenvalue weighted by Gasteiger charge is -2.47. The minimum Gasteiger partial charge on any atom is -0.387 e. The van der Waals surface area contributed by atoms with Crippen molar-refractivity contribution in [1.29, 1.82) is 0 Å². The number of nitrogens with zero attached hydrogens (tertiary/aromatic N) is 2. The first-order valence-corrected chi connectivity index (χ1v) is 7.03. The molecule has 0 saturated carbocycles. The maximum absolute atomic E-state index is 13.0. The third-order valence-corrected chi connectivity index (χ3v) is 5.05. The third kappa shape index (κ3) is 2.13. The van der Waals surface area contributed by atoms with Gasteiger partial charge in [-0.15, -0.1) is 0 Å². The van der Waals surface area contributed by atoms with Crippen molar-refractivity contribution in [2.75, 3.05) is 13.1 Å². The van der Waals surface area contributed by atoms with Crippen molar-refractivity contribution in [1.82, 2.24) is 9.29 Å². The fourth-order valence-electron chi connectivity index (χ4n) is 1.78. The van der Waals surface area contributed by atoms with Gasteiger partial charge in [0.25, 0.3) is 0 Å². The molecule has 1 aromatic rings. The number of rotatable bonds is 3. The van der Waals surface area contributed by atoms with Gasteiger partial charge in [0.1, 0.15) is 10.7 Å². The Bertz CT molecular complexity index is 553. The van der Waals surface area contributed by atoms with Crippen molar-refractivity contribution in [2.24, 2.45) is 5.92 Å². The van der Waals surface area contributed by atoms with Gasteiger partial charge >= 0.3 is 0 Å². The lowest BCUT2D eigenvalue weighted by molar-refractivity contribution is -0.0932. The van der Waals surface area contributed by atoms with Gasteiger partial charge in [0.15, 0.2) is 0 Å². The molecule has 0 bridgehead atoms. The first-order valence-electron chi connectivity index (χ1n) is 5.59. The highest BCUT2D eigenvalue weighted by Crippen LogP contribution is 2.32. The molecule has 0 radical (unpaired) electrons. The molecule has 1 aliphatic heterocycles. The Kier molecular flexibility index (Phi) is 3.16. The zero-order chi connectivity index (χ0) is 13.6. The maximum atomic E-state index is 13.0. The Hall–Kier alpha value is -1.05. The zero-order valence-corrected chi connectivity index (χ0v) is 11.0. The molecular weight excluding hydrogens is 259 g/mol. The minimum absolute atomic E-state index is 0.0313. The Morgan fingerprint density at radius 2 is 2.06 bits per heavy atom. The third-order valence-electron chi connectivity index (χ3n) is 3.29. The Balaban J connectivity index is 2.21. The number of pyridine rings is 1. The van der Waals surface area contributed by atoms with Crippen LogP contribution in [0.2, 0.25) is 0 Å². The molecule has 0 amide bonds. The van der Waals surface area contributed by atoms with E-state index in [0.717, 1.165) is 22.8 Å². The number of aromatic nitrogens is 1. The van der Waals surface area contributed by atoms with E-state index in [4.69, 9.17) is 0 Å². The van der Waals surface area contributed by atoms with E-state index in [9.17, 15) is 17.9 Å². The molecule has 2 rings (SSSR count). The molecule has 0 aromatic carbocycles. The van der Waals surface area contributed by atoms with Gasteiger partial charge in [-0.2, -0.15) is 4.31 Å². The van der Waals surface area contributed by atoms with Gasteiger partial charge in [-0.25, -0.2) is 12.8 Å². The highest BCUT2D eigenvalue weighted by atomic mass is 32.2. The first-order chi connectivity index (χ1) is 8.25. The van der Waals surface area contributed by atoms with Gasteiger partial charge < -0.3 is 5.11 Å². The Morgan fingerprint density at radius 1 is 1.44 bits per heavy atom. The molecule has 0 unspecified atom stereocenters. The smallest absolute Gasteiger partial charge is 0.244 e. The minimum atomic E-state index is -3.76. The van der Waals surface area contributed by atoms with Crippen LogP contribution in [-0.2, 0) is 10.0 Å². The average molecular weight is 274 g/mol. The summed E-state index contributed by atoms with van der Waals surface area (Å²) in [6.07, 6.45) is 2.05. The number of halogens is 1. The van der Waals surface area contributed by atoms with Crippen LogP contribution in [0.1, 0.15) is 13.8 Å². The van der Waals surface area contributed by atoms with Gasteiger partial charge in [-0.05, 0) is 12.0 Å². The van der Waals surface area contributed by atoms with Crippen LogP contribution in [0.3, 0.4) is 0 Å². The van der Waals surface area contributed by atoms with Crippen LogP contribution in [-0.4, -0.2) is 41.5 Å². The van der Waals surface area contributed by atoms with E-state index < -0.39 is 21.4 Å². The van der Waals surface area contributed by atoms with Gasteiger partial charge in [-0.3, -0.25) is 4.98 Å². The van der Waals surface area contributed by atoms with E-state index in [1.165, 1.54) is 0 Å². The Morgan fingerprint density at radius 3 is 2.56 bits per heavy atom. The second-order valence-electron chi connectivity index (χ2n) is 4.87. The quantitative estimate of drug-likeness (QED) is 0.877. The van der Waals surface area contributed by atoms with E-state index in [1.54, 1.807) is 0 Å². The number of β-amino-alcohol motifs (C(OH)–C–C–N with tert-alkyl or cyclic N) is 1. The highest BCUT2D eigenvalue weighted by Gasteiger charge is 2.49. The number of aliphatic hydroxyl groups is 1. The Labute approximate surface area is 105 Å². The van der Waals surface area contributed by atoms with Gasteiger partial charge in [-0.1, -0.05) is 13.8 Å². The normalized spacial score (nSPS) is 19.8. The number of sulfonamides is 1. The van der Waals surface area contributed by atoms with Crippen LogP contribution in [0.5, 0.6) is 0 Å². The molecule has 1 aromatic heterocycles. The molecule has 5 nitrogen and oxygen atoms in total. The van der Waals surface area contributed by atoms with E-state index in [0.29, 0.717) is 0 Å². The van der Waals surface area contributed by atoms with Crippen molar-refractivity contribution in [3.05, 3.63) is 24.3 Å². The van der Waals surface area contributed by atoms with E-state index in [1.807, 2.05) is 13.8 Å². The van der Waals surface area contributed by atoms with Crippen LogP contribution in [0.4, 0.5) is 4.39 Å². The van der Waals surface area contributed by atoms with Crippen molar-refractivity contribution < 1.29 is 17.9 Å². The summed E-state index contributed by atoms with van der Waals surface area (Å²) in [5.74, 6) is -0.731. The van der Waals surface area contributed by atoms with E-state index in [2.05, 4.69) is 4.98 Å². The van der Waals surface area contributed by atoms with Gasteiger partial charge in [0.2, 0.25) is 10.0 Å². The van der Waals surface area contributed by atoms with Gasteiger partial charge in [0.05, 0.1) is 11.8 Å². The molecule has 0 aliphatic carbocycles. The molecule has 0 spiro atoms. The molecule has 2 heterocycles. The number of hydrogen-bond donors (Lipinski definition) is 1. The summed E-state index contributed by atoms with van der Waals surface area (Å²) in [4.78, 5) is 3.33. The van der Waals surface area contributed by atoms with Crippen molar-refractivity contribution in [3.8, 4) is 0 Å². The predicted octanol–water partition coefficient (Wildman–Crippen LogP) is 0.612. The van der Waals surface area contributed by atoms with Crippen LogP contribution >= 0.6 is 0 Å². The summed E-state index contributed by atoms with van der Waals surface area (Å²) < 4.78 is 38.3. The average Bonchev–Trinajstić information content (AvgIpc) is 2.24. The van der Waals surface area contributed by atoms with Crippen LogP contribution in [0.25, 0.3) is 0 Å². The molecule has 7 heteroatoms. The SMILES string of the molecule is CC(C)C1(O)CN(S(=O)(=O)c2cncc(F)c2)C1. The molecule has 18 heavy (non-hydrogen) atoms. The second kappa shape index (κ2) is 4.25.